The van der Waals surface area contributed by atoms with Crippen LogP contribution < -0.4 is 5.32 Å². The Morgan fingerprint density at radius 2 is 2.11 bits per heavy atom. The number of hydrogen-bond donors (Lipinski definition) is 2. The fourth-order valence-electron chi connectivity index (χ4n) is 1.59. The number of rotatable bonds is 6. The lowest BCUT2D eigenvalue weighted by Crippen LogP contribution is -2.03. The van der Waals surface area contributed by atoms with Gasteiger partial charge in [0.25, 0.3) is 0 Å². The van der Waals surface area contributed by atoms with E-state index in [0.717, 1.165) is 5.69 Å². The van der Waals surface area contributed by atoms with Crippen LogP contribution in [0.4, 0.5) is 5.69 Å². The molecule has 19 heavy (non-hydrogen) atoms. The van der Waals surface area contributed by atoms with E-state index >= 15 is 0 Å². The van der Waals surface area contributed by atoms with Crippen molar-refractivity contribution in [3.8, 4) is 5.75 Å². The molecule has 0 aliphatic rings. The van der Waals surface area contributed by atoms with E-state index in [1.54, 1.807) is 24.3 Å². The van der Waals surface area contributed by atoms with E-state index in [4.69, 9.17) is 9.26 Å². The van der Waals surface area contributed by atoms with Crippen LogP contribution in [0.3, 0.4) is 0 Å². The zero-order valence-electron chi connectivity index (χ0n) is 11.0. The van der Waals surface area contributed by atoms with Gasteiger partial charge in [0.15, 0.2) is 5.82 Å². The van der Waals surface area contributed by atoms with Gasteiger partial charge in [0.2, 0.25) is 5.89 Å². The molecule has 0 saturated carbocycles. The van der Waals surface area contributed by atoms with Crippen LogP contribution in [0, 0.1) is 0 Å². The molecule has 0 amide bonds. The van der Waals surface area contributed by atoms with Crippen LogP contribution >= 0.6 is 0 Å². The largest absolute Gasteiger partial charge is 0.508 e. The molecule has 2 N–H and O–H groups in total. The second-order valence-electron chi connectivity index (χ2n) is 4.04. The molecule has 0 fully saturated rings. The predicted octanol–water partition coefficient (Wildman–Crippen LogP) is 2.48. The molecule has 0 aliphatic carbocycles. The molecule has 6 nitrogen and oxygen atoms in total. The summed E-state index contributed by atoms with van der Waals surface area (Å²) in [5.74, 6) is 1.27. The Morgan fingerprint density at radius 1 is 1.37 bits per heavy atom. The summed E-state index contributed by atoms with van der Waals surface area (Å²) in [6.07, 6.45) is -0.170. The minimum atomic E-state index is -0.170. The lowest BCUT2D eigenvalue weighted by molar-refractivity contribution is 0.0683. The first-order chi connectivity index (χ1) is 9.19. The normalized spacial score (nSPS) is 12.3. The van der Waals surface area contributed by atoms with Crippen molar-refractivity contribution in [1.29, 1.82) is 0 Å². The molecule has 6 heteroatoms. The molecule has 1 heterocycles. The maximum atomic E-state index is 9.17. The number of benzene rings is 1. The van der Waals surface area contributed by atoms with Gasteiger partial charge in [0.05, 0.1) is 6.54 Å². The summed E-state index contributed by atoms with van der Waals surface area (Å²) in [6, 6.07) is 6.77. The molecule has 0 aliphatic heterocycles. The fraction of sp³-hybridized carbons (Fsp3) is 0.385. The summed E-state index contributed by atoms with van der Waals surface area (Å²) in [7, 11) is 0. The van der Waals surface area contributed by atoms with Gasteiger partial charge in [-0.1, -0.05) is 5.16 Å². The first kappa shape index (κ1) is 13.4. The van der Waals surface area contributed by atoms with Gasteiger partial charge in [0.1, 0.15) is 11.9 Å². The summed E-state index contributed by atoms with van der Waals surface area (Å²) >= 11 is 0. The number of aromatic hydroxyl groups is 1. The van der Waals surface area contributed by atoms with Crippen molar-refractivity contribution in [2.75, 3.05) is 11.9 Å². The van der Waals surface area contributed by atoms with Gasteiger partial charge in [-0.2, -0.15) is 4.98 Å². The lowest BCUT2D eigenvalue weighted by atomic mass is 10.3. The van der Waals surface area contributed by atoms with Crippen LogP contribution in [-0.4, -0.2) is 21.9 Å². The Hall–Kier alpha value is -2.08. The molecule has 2 aromatic rings. The third-order valence-corrected chi connectivity index (χ3v) is 2.58. The van der Waals surface area contributed by atoms with E-state index in [2.05, 4.69) is 15.5 Å². The van der Waals surface area contributed by atoms with Gasteiger partial charge in [-0.15, -0.1) is 0 Å². The van der Waals surface area contributed by atoms with Crippen molar-refractivity contribution < 1.29 is 14.4 Å². The number of ether oxygens (including phenoxy) is 1. The zero-order chi connectivity index (χ0) is 13.7. The van der Waals surface area contributed by atoms with E-state index in [9.17, 15) is 5.11 Å². The Morgan fingerprint density at radius 3 is 2.79 bits per heavy atom. The monoisotopic (exact) mass is 263 g/mol. The van der Waals surface area contributed by atoms with Crippen LogP contribution in [0.5, 0.6) is 5.75 Å². The maximum Gasteiger partial charge on any atom is 0.246 e. The average Bonchev–Trinajstić information content (AvgIpc) is 2.87. The van der Waals surface area contributed by atoms with E-state index in [0.29, 0.717) is 24.9 Å². The maximum absolute atomic E-state index is 9.17. The number of hydrogen-bond acceptors (Lipinski definition) is 6. The third kappa shape index (κ3) is 3.69. The van der Waals surface area contributed by atoms with E-state index in [1.807, 2.05) is 13.8 Å². The SMILES string of the molecule is CCOC(C)c1noc(CNc2ccc(O)cc2)n1. The molecule has 1 atom stereocenters. The molecular formula is C13H17N3O3. The second-order valence-corrected chi connectivity index (χ2v) is 4.04. The molecule has 1 aromatic heterocycles. The Kier molecular flexibility index (Phi) is 4.35. The molecule has 1 aromatic carbocycles. The van der Waals surface area contributed by atoms with Crippen LogP contribution in [-0.2, 0) is 11.3 Å². The number of nitrogens with one attached hydrogen (secondary N) is 1. The molecule has 0 spiro atoms. The number of aromatic nitrogens is 2. The number of phenolic OH excluding ortho intramolecular Hbond substituents is 1. The van der Waals surface area contributed by atoms with Crippen molar-refractivity contribution in [1.82, 2.24) is 10.1 Å². The number of phenols is 1. The van der Waals surface area contributed by atoms with Crippen LogP contribution in [0.2, 0.25) is 0 Å². The van der Waals surface area contributed by atoms with Crippen molar-refractivity contribution in [3.05, 3.63) is 36.0 Å². The predicted molar refractivity (Wildman–Crippen MR) is 69.8 cm³/mol. The first-order valence-corrected chi connectivity index (χ1v) is 6.16. The highest BCUT2D eigenvalue weighted by molar-refractivity contribution is 5.45. The van der Waals surface area contributed by atoms with Gasteiger partial charge in [0, 0.05) is 12.3 Å². The summed E-state index contributed by atoms with van der Waals surface area (Å²) in [4.78, 5) is 4.25. The number of anilines is 1. The molecule has 0 radical (unpaired) electrons. The van der Waals surface area contributed by atoms with Gasteiger partial charge in [-0.3, -0.25) is 0 Å². The molecule has 1 unspecified atom stereocenters. The summed E-state index contributed by atoms with van der Waals surface area (Å²) < 4.78 is 10.5. The van der Waals surface area contributed by atoms with Crippen LogP contribution in [0.1, 0.15) is 31.7 Å². The van der Waals surface area contributed by atoms with E-state index in [-0.39, 0.29) is 11.9 Å². The lowest BCUT2D eigenvalue weighted by Gasteiger charge is -2.05. The van der Waals surface area contributed by atoms with Crippen molar-refractivity contribution >= 4 is 5.69 Å². The van der Waals surface area contributed by atoms with Crippen LogP contribution in [0.15, 0.2) is 28.8 Å². The standard InChI is InChI=1S/C13H17N3O3/c1-3-18-9(2)13-15-12(19-16-13)8-14-10-4-6-11(17)7-5-10/h4-7,9,14,17H,3,8H2,1-2H3. The first-order valence-electron chi connectivity index (χ1n) is 6.16. The number of nitrogens with zero attached hydrogens (tertiary/aromatic N) is 2. The topological polar surface area (TPSA) is 80.4 Å². The average molecular weight is 263 g/mol. The Labute approximate surface area is 111 Å². The van der Waals surface area contributed by atoms with Gasteiger partial charge >= 0.3 is 0 Å². The van der Waals surface area contributed by atoms with Gasteiger partial charge in [-0.25, -0.2) is 0 Å². The molecule has 2 rings (SSSR count). The van der Waals surface area contributed by atoms with Gasteiger partial charge < -0.3 is 19.7 Å². The minimum Gasteiger partial charge on any atom is -0.508 e. The van der Waals surface area contributed by atoms with E-state index < -0.39 is 0 Å². The third-order valence-electron chi connectivity index (χ3n) is 2.58. The zero-order valence-corrected chi connectivity index (χ0v) is 11.0. The smallest absolute Gasteiger partial charge is 0.246 e. The van der Waals surface area contributed by atoms with Crippen molar-refractivity contribution in [2.45, 2.75) is 26.5 Å². The summed E-state index contributed by atoms with van der Waals surface area (Å²) in [5, 5.41) is 16.2. The van der Waals surface area contributed by atoms with Crippen molar-refractivity contribution in [2.24, 2.45) is 0 Å². The van der Waals surface area contributed by atoms with Crippen molar-refractivity contribution in [3.63, 3.8) is 0 Å². The fourth-order valence-corrected chi connectivity index (χ4v) is 1.59. The minimum absolute atomic E-state index is 0.170. The Bertz CT molecular complexity index is 510. The summed E-state index contributed by atoms with van der Waals surface area (Å²) in [5.41, 5.74) is 0.871. The highest BCUT2D eigenvalue weighted by atomic mass is 16.5. The molecule has 0 bridgehead atoms. The quantitative estimate of drug-likeness (QED) is 0.779. The Balaban J connectivity index is 1.91. The molecule has 102 valence electrons. The highest BCUT2D eigenvalue weighted by Gasteiger charge is 2.13. The summed E-state index contributed by atoms with van der Waals surface area (Å²) in [6.45, 7) is 4.84. The van der Waals surface area contributed by atoms with Gasteiger partial charge in [-0.05, 0) is 38.1 Å². The van der Waals surface area contributed by atoms with Crippen LogP contribution in [0.25, 0.3) is 0 Å². The van der Waals surface area contributed by atoms with E-state index in [1.165, 1.54) is 0 Å². The highest BCUT2D eigenvalue weighted by Crippen LogP contribution is 2.16. The molecular weight excluding hydrogens is 246 g/mol. The molecule has 0 saturated heterocycles. The second kappa shape index (κ2) is 6.19.